The number of carbonyl (C=O) groups excluding carboxylic acids is 1. The number of rotatable bonds is 6. The Balaban J connectivity index is 2.62. The molecule has 0 fully saturated rings. The van der Waals surface area contributed by atoms with Gasteiger partial charge in [-0.25, -0.2) is 4.39 Å². The Morgan fingerprint density at radius 3 is 2.79 bits per heavy atom. The summed E-state index contributed by atoms with van der Waals surface area (Å²) in [6.45, 7) is 4.59. The Labute approximate surface area is 121 Å². The van der Waals surface area contributed by atoms with Crippen LogP contribution in [0.25, 0.3) is 0 Å². The molecule has 0 unspecified atom stereocenters. The third-order valence-electron chi connectivity index (χ3n) is 2.92. The van der Waals surface area contributed by atoms with Crippen molar-refractivity contribution >= 4 is 21.8 Å². The SMILES string of the molecule is CC(C)(CCCBr)CNC(=O)c1cc(F)ccc1O. The van der Waals surface area contributed by atoms with Crippen LogP contribution in [0.3, 0.4) is 0 Å². The summed E-state index contributed by atoms with van der Waals surface area (Å²) >= 11 is 3.37. The molecule has 0 saturated heterocycles. The predicted molar refractivity (Wildman–Crippen MR) is 77.2 cm³/mol. The molecule has 0 atom stereocenters. The molecule has 106 valence electrons. The van der Waals surface area contributed by atoms with Crippen LogP contribution in [0.5, 0.6) is 5.75 Å². The van der Waals surface area contributed by atoms with Gasteiger partial charge in [-0.1, -0.05) is 29.8 Å². The van der Waals surface area contributed by atoms with Crippen LogP contribution in [-0.2, 0) is 0 Å². The third-order valence-corrected chi connectivity index (χ3v) is 3.48. The molecule has 1 amide bonds. The lowest BCUT2D eigenvalue weighted by atomic mass is 9.88. The molecular weight excluding hydrogens is 313 g/mol. The summed E-state index contributed by atoms with van der Waals surface area (Å²) in [6.07, 6.45) is 1.99. The van der Waals surface area contributed by atoms with Crippen molar-refractivity contribution in [3.05, 3.63) is 29.6 Å². The van der Waals surface area contributed by atoms with Crippen LogP contribution >= 0.6 is 15.9 Å². The first-order valence-corrected chi connectivity index (χ1v) is 7.30. The van der Waals surface area contributed by atoms with E-state index in [2.05, 4.69) is 35.1 Å². The van der Waals surface area contributed by atoms with E-state index in [9.17, 15) is 14.3 Å². The van der Waals surface area contributed by atoms with Crippen LogP contribution in [-0.4, -0.2) is 22.9 Å². The Bertz CT molecular complexity index is 449. The molecule has 5 heteroatoms. The van der Waals surface area contributed by atoms with Gasteiger partial charge in [0.25, 0.3) is 5.91 Å². The van der Waals surface area contributed by atoms with Crippen molar-refractivity contribution in [3.63, 3.8) is 0 Å². The number of halogens is 2. The van der Waals surface area contributed by atoms with Crippen LogP contribution in [0.4, 0.5) is 4.39 Å². The highest BCUT2D eigenvalue weighted by Gasteiger charge is 2.20. The summed E-state index contributed by atoms with van der Waals surface area (Å²) in [6, 6.07) is 3.34. The largest absolute Gasteiger partial charge is 0.507 e. The summed E-state index contributed by atoms with van der Waals surface area (Å²) in [5, 5.41) is 13.2. The van der Waals surface area contributed by atoms with E-state index in [1.54, 1.807) is 0 Å². The van der Waals surface area contributed by atoms with E-state index >= 15 is 0 Å². The molecule has 0 heterocycles. The fourth-order valence-corrected chi connectivity index (χ4v) is 2.02. The number of phenols is 1. The number of phenolic OH excluding ortho intramolecular Hbond substituents is 1. The number of nitrogens with one attached hydrogen (secondary N) is 1. The smallest absolute Gasteiger partial charge is 0.255 e. The summed E-state index contributed by atoms with van der Waals surface area (Å²) < 4.78 is 13.1. The molecule has 0 spiro atoms. The summed E-state index contributed by atoms with van der Waals surface area (Å²) in [7, 11) is 0. The Kier molecular flexibility index (Phi) is 5.79. The van der Waals surface area contributed by atoms with Crippen molar-refractivity contribution in [2.75, 3.05) is 11.9 Å². The molecule has 1 aromatic carbocycles. The van der Waals surface area contributed by atoms with Gasteiger partial charge in [0.05, 0.1) is 5.56 Å². The van der Waals surface area contributed by atoms with E-state index in [1.807, 2.05) is 0 Å². The monoisotopic (exact) mass is 331 g/mol. The Morgan fingerprint density at radius 2 is 2.16 bits per heavy atom. The standard InChI is InChI=1S/C14H19BrFNO2/c1-14(2,6-3-7-15)9-17-13(19)11-8-10(16)4-5-12(11)18/h4-5,8,18H,3,6-7,9H2,1-2H3,(H,17,19). The van der Waals surface area contributed by atoms with E-state index in [4.69, 9.17) is 0 Å². The van der Waals surface area contributed by atoms with E-state index in [0.717, 1.165) is 30.3 Å². The van der Waals surface area contributed by atoms with Crippen LogP contribution in [0.1, 0.15) is 37.0 Å². The lowest BCUT2D eigenvalue weighted by molar-refractivity contribution is 0.0931. The number of amides is 1. The van der Waals surface area contributed by atoms with Crippen molar-refractivity contribution in [3.8, 4) is 5.75 Å². The fraction of sp³-hybridized carbons (Fsp3) is 0.500. The number of aromatic hydroxyl groups is 1. The number of benzene rings is 1. The van der Waals surface area contributed by atoms with Gasteiger partial charge in [0.1, 0.15) is 11.6 Å². The van der Waals surface area contributed by atoms with E-state index in [1.165, 1.54) is 6.07 Å². The minimum absolute atomic E-state index is 0.0312. The zero-order valence-electron chi connectivity index (χ0n) is 11.2. The second-order valence-corrected chi connectivity index (χ2v) is 6.09. The quantitative estimate of drug-likeness (QED) is 0.784. The molecule has 0 aliphatic carbocycles. The van der Waals surface area contributed by atoms with Crippen molar-refractivity contribution in [1.82, 2.24) is 5.32 Å². The highest BCUT2D eigenvalue weighted by atomic mass is 79.9. The molecule has 0 saturated carbocycles. The van der Waals surface area contributed by atoms with E-state index in [0.29, 0.717) is 6.54 Å². The Hall–Kier alpha value is -1.10. The molecule has 0 bridgehead atoms. The number of hydrogen-bond acceptors (Lipinski definition) is 2. The molecule has 2 N–H and O–H groups in total. The molecular formula is C14H19BrFNO2. The van der Waals surface area contributed by atoms with E-state index < -0.39 is 11.7 Å². The molecule has 19 heavy (non-hydrogen) atoms. The zero-order valence-corrected chi connectivity index (χ0v) is 12.8. The van der Waals surface area contributed by atoms with Crippen molar-refractivity contribution < 1.29 is 14.3 Å². The highest BCUT2D eigenvalue weighted by molar-refractivity contribution is 9.09. The Morgan fingerprint density at radius 1 is 1.47 bits per heavy atom. The summed E-state index contributed by atoms with van der Waals surface area (Å²) in [5.74, 6) is -1.21. The lowest BCUT2D eigenvalue weighted by Gasteiger charge is -2.24. The average molecular weight is 332 g/mol. The first kappa shape index (κ1) is 16.0. The van der Waals surface area contributed by atoms with Gasteiger partial charge in [0, 0.05) is 11.9 Å². The maximum absolute atomic E-state index is 13.1. The maximum atomic E-state index is 13.1. The van der Waals surface area contributed by atoms with Gasteiger partial charge in [0.2, 0.25) is 0 Å². The molecule has 3 nitrogen and oxygen atoms in total. The molecule has 0 aliphatic heterocycles. The maximum Gasteiger partial charge on any atom is 0.255 e. The third kappa shape index (κ3) is 5.19. The fourth-order valence-electron chi connectivity index (χ4n) is 1.74. The minimum atomic E-state index is -0.540. The molecule has 0 aliphatic rings. The van der Waals surface area contributed by atoms with Crippen LogP contribution in [0.15, 0.2) is 18.2 Å². The zero-order chi connectivity index (χ0) is 14.5. The molecule has 1 rings (SSSR count). The van der Waals surface area contributed by atoms with Gasteiger partial charge in [-0.3, -0.25) is 4.79 Å². The van der Waals surface area contributed by atoms with Crippen molar-refractivity contribution in [2.45, 2.75) is 26.7 Å². The second kappa shape index (κ2) is 6.89. The van der Waals surface area contributed by atoms with Crippen LogP contribution < -0.4 is 5.32 Å². The summed E-state index contributed by atoms with van der Waals surface area (Å²) in [4.78, 5) is 11.9. The number of hydrogen-bond donors (Lipinski definition) is 2. The minimum Gasteiger partial charge on any atom is -0.507 e. The topological polar surface area (TPSA) is 49.3 Å². The lowest BCUT2D eigenvalue weighted by Crippen LogP contribution is -2.34. The van der Waals surface area contributed by atoms with Gasteiger partial charge >= 0.3 is 0 Å². The molecule has 0 aromatic heterocycles. The van der Waals surface area contributed by atoms with E-state index in [-0.39, 0.29) is 16.7 Å². The number of alkyl halides is 1. The van der Waals surface area contributed by atoms with Crippen molar-refractivity contribution in [1.29, 1.82) is 0 Å². The predicted octanol–water partition coefficient (Wildman–Crippen LogP) is 3.46. The van der Waals surface area contributed by atoms with Gasteiger partial charge < -0.3 is 10.4 Å². The van der Waals surface area contributed by atoms with Crippen LogP contribution in [0.2, 0.25) is 0 Å². The molecule has 1 aromatic rings. The van der Waals surface area contributed by atoms with Crippen molar-refractivity contribution in [2.24, 2.45) is 5.41 Å². The first-order chi connectivity index (χ1) is 8.85. The summed E-state index contributed by atoms with van der Waals surface area (Å²) in [5.41, 5.74) is -0.0666. The second-order valence-electron chi connectivity index (χ2n) is 5.30. The van der Waals surface area contributed by atoms with Gasteiger partial charge in [-0.15, -0.1) is 0 Å². The normalized spacial score (nSPS) is 11.4. The first-order valence-electron chi connectivity index (χ1n) is 6.18. The van der Waals surface area contributed by atoms with Gasteiger partial charge in [-0.2, -0.15) is 0 Å². The molecule has 0 radical (unpaired) electrons. The number of carbonyl (C=O) groups is 1. The van der Waals surface area contributed by atoms with Gasteiger partial charge in [-0.05, 0) is 36.5 Å². The van der Waals surface area contributed by atoms with Gasteiger partial charge in [0.15, 0.2) is 0 Å². The van der Waals surface area contributed by atoms with Crippen LogP contribution in [0, 0.1) is 11.2 Å². The average Bonchev–Trinajstić information content (AvgIpc) is 2.36. The highest BCUT2D eigenvalue weighted by Crippen LogP contribution is 2.23.